The number of halogens is 1. The predicted molar refractivity (Wildman–Crippen MR) is 92.7 cm³/mol. The zero-order valence-electron chi connectivity index (χ0n) is 12.1. The Kier molecular flexibility index (Phi) is 4.08. The van der Waals surface area contributed by atoms with E-state index in [4.69, 9.17) is 0 Å². The van der Waals surface area contributed by atoms with Crippen molar-refractivity contribution in [2.75, 3.05) is 5.32 Å². The van der Waals surface area contributed by atoms with Crippen LogP contribution >= 0.6 is 15.9 Å². The zero-order chi connectivity index (χ0) is 15.5. The average molecular weight is 352 g/mol. The number of pyridine rings is 1. The third-order valence-corrected chi connectivity index (χ3v) is 4.29. The molecule has 3 aromatic rings. The van der Waals surface area contributed by atoms with Crippen LogP contribution in [0.15, 0.2) is 53.0 Å². The largest absolute Gasteiger partial charge is 0.380 e. The second-order valence-corrected chi connectivity index (χ2v) is 5.92. The summed E-state index contributed by atoms with van der Waals surface area (Å²) in [6.07, 6.45) is 0. The molecule has 0 aliphatic carbocycles. The summed E-state index contributed by atoms with van der Waals surface area (Å²) >= 11 is 3.56. The molecule has 2 aromatic carbocycles. The van der Waals surface area contributed by atoms with Gasteiger partial charge in [0.25, 0.3) is 0 Å². The van der Waals surface area contributed by atoms with E-state index in [-0.39, 0.29) is 0 Å². The Bertz CT molecular complexity index is 881. The van der Waals surface area contributed by atoms with E-state index >= 15 is 0 Å². The summed E-state index contributed by atoms with van der Waals surface area (Å²) in [5, 5.41) is 13.7. The van der Waals surface area contributed by atoms with Gasteiger partial charge in [-0.2, -0.15) is 5.26 Å². The fourth-order valence-electron chi connectivity index (χ4n) is 2.45. The molecule has 3 rings (SSSR count). The molecule has 0 aliphatic rings. The minimum absolute atomic E-state index is 0.602. The van der Waals surface area contributed by atoms with E-state index in [1.807, 2.05) is 43.3 Å². The number of rotatable bonds is 3. The maximum Gasteiger partial charge on any atom is 0.101 e. The second-order valence-electron chi connectivity index (χ2n) is 5.07. The Morgan fingerprint density at radius 3 is 2.77 bits per heavy atom. The van der Waals surface area contributed by atoms with Crippen LogP contribution in [0.5, 0.6) is 0 Å². The van der Waals surface area contributed by atoms with Crippen LogP contribution in [0.2, 0.25) is 0 Å². The van der Waals surface area contributed by atoms with Crippen molar-refractivity contribution in [1.82, 2.24) is 4.98 Å². The molecule has 0 amide bonds. The molecule has 0 aliphatic heterocycles. The third-order valence-electron chi connectivity index (χ3n) is 3.52. The number of nitrogens with zero attached hydrogens (tertiary/aromatic N) is 2. The first-order valence-corrected chi connectivity index (χ1v) is 7.76. The van der Waals surface area contributed by atoms with Crippen molar-refractivity contribution in [2.45, 2.75) is 13.5 Å². The SMILES string of the molecule is Cc1cc(NCc2ccccc2Br)c2cccc(C#N)c2n1. The van der Waals surface area contributed by atoms with Crippen LogP contribution in [0.1, 0.15) is 16.8 Å². The Morgan fingerprint density at radius 2 is 2.00 bits per heavy atom. The number of anilines is 1. The van der Waals surface area contributed by atoms with Gasteiger partial charge in [-0.05, 0) is 30.7 Å². The summed E-state index contributed by atoms with van der Waals surface area (Å²) in [5.74, 6) is 0. The fourth-order valence-corrected chi connectivity index (χ4v) is 2.87. The second kappa shape index (κ2) is 6.17. The molecule has 0 atom stereocenters. The fraction of sp³-hybridized carbons (Fsp3) is 0.111. The van der Waals surface area contributed by atoms with Crippen molar-refractivity contribution in [3.05, 3.63) is 69.8 Å². The molecule has 0 saturated heterocycles. The van der Waals surface area contributed by atoms with E-state index in [9.17, 15) is 5.26 Å². The lowest BCUT2D eigenvalue weighted by atomic mass is 10.1. The maximum atomic E-state index is 9.25. The number of nitriles is 1. The molecule has 0 unspecified atom stereocenters. The normalized spacial score (nSPS) is 10.4. The minimum atomic E-state index is 0.602. The van der Waals surface area contributed by atoms with Gasteiger partial charge in [0.15, 0.2) is 0 Å². The van der Waals surface area contributed by atoms with E-state index in [1.165, 1.54) is 5.56 Å². The van der Waals surface area contributed by atoms with Crippen LogP contribution in [-0.4, -0.2) is 4.98 Å². The number of para-hydroxylation sites is 1. The molecule has 0 radical (unpaired) electrons. The zero-order valence-corrected chi connectivity index (χ0v) is 13.7. The molecular formula is C18H14BrN3. The van der Waals surface area contributed by atoms with Gasteiger partial charge in [-0.15, -0.1) is 0 Å². The molecule has 1 heterocycles. The van der Waals surface area contributed by atoms with E-state index in [0.717, 1.165) is 26.8 Å². The first kappa shape index (κ1) is 14.6. The van der Waals surface area contributed by atoms with E-state index in [2.05, 4.69) is 38.4 Å². The van der Waals surface area contributed by atoms with Crippen LogP contribution in [0.25, 0.3) is 10.9 Å². The van der Waals surface area contributed by atoms with Gasteiger partial charge >= 0.3 is 0 Å². The smallest absolute Gasteiger partial charge is 0.101 e. The van der Waals surface area contributed by atoms with Crippen molar-refractivity contribution in [1.29, 1.82) is 5.26 Å². The van der Waals surface area contributed by atoms with Gasteiger partial charge in [-0.1, -0.05) is 46.3 Å². The number of nitrogens with one attached hydrogen (secondary N) is 1. The highest BCUT2D eigenvalue weighted by atomic mass is 79.9. The van der Waals surface area contributed by atoms with E-state index in [0.29, 0.717) is 12.1 Å². The topological polar surface area (TPSA) is 48.7 Å². The number of benzene rings is 2. The van der Waals surface area contributed by atoms with E-state index < -0.39 is 0 Å². The minimum Gasteiger partial charge on any atom is -0.380 e. The summed E-state index contributed by atoms with van der Waals surface area (Å²) in [6.45, 7) is 2.65. The number of hydrogen-bond acceptors (Lipinski definition) is 3. The Hall–Kier alpha value is -2.38. The van der Waals surface area contributed by atoms with Crippen LogP contribution in [0.4, 0.5) is 5.69 Å². The first-order valence-electron chi connectivity index (χ1n) is 6.97. The van der Waals surface area contributed by atoms with Gasteiger partial charge < -0.3 is 5.32 Å². The molecule has 0 saturated carbocycles. The van der Waals surface area contributed by atoms with Crippen LogP contribution < -0.4 is 5.32 Å². The van der Waals surface area contributed by atoms with Crippen molar-refractivity contribution < 1.29 is 0 Å². The molecule has 1 aromatic heterocycles. The number of aromatic nitrogens is 1. The summed E-state index contributed by atoms with van der Waals surface area (Å²) < 4.78 is 1.08. The lowest BCUT2D eigenvalue weighted by molar-refractivity contribution is 1.13. The summed E-state index contributed by atoms with van der Waals surface area (Å²) in [4.78, 5) is 4.51. The van der Waals surface area contributed by atoms with Crippen LogP contribution in [-0.2, 0) is 6.54 Å². The van der Waals surface area contributed by atoms with Gasteiger partial charge in [-0.3, -0.25) is 4.98 Å². The lowest BCUT2D eigenvalue weighted by Crippen LogP contribution is -2.02. The Labute approximate surface area is 137 Å². The van der Waals surface area contributed by atoms with Gasteiger partial charge in [0.05, 0.1) is 11.1 Å². The Morgan fingerprint density at radius 1 is 1.18 bits per heavy atom. The van der Waals surface area contributed by atoms with Crippen molar-refractivity contribution >= 4 is 32.5 Å². The first-order chi connectivity index (χ1) is 10.7. The molecule has 3 nitrogen and oxygen atoms in total. The van der Waals surface area contributed by atoms with Crippen LogP contribution in [0.3, 0.4) is 0 Å². The molecule has 0 spiro atoms. The number of hydrogen-bond donors (Lipinski definition) is 1. The molecule has 108 valence electrons. The third kappa shape index (κ3) is 2.81. The van der Waals surface area contributed by atoms with Gasteiger partial charge in [0.1, 0.15) is 6.07 Å². The standard InChI is InChI=1S/C18H14BrN3/c1-12-9-17(21-11-14-5-2-3-8-16(14)19)15-7-4-6-13(10-20)18(15)22-12/h2-9H,11H2,1H3,(H,21,22). The molecule has 4 heteroatoms. The highest BCUT2D eigenvalue weighted by molar-refractivity contribution is 9.10. The average Bonchev–Trinajstić information content (AvgIpc) is 2.53. The summed E-state index contributed by atoms with van der Waals surface area (Å²) in [7, 11) is 0. The molecule has 1 N–H and O–H groups in total. The van der Waals surface area contributed by atoms with Crippen molar-refractivity contribution in [2.24, 2.45) is 0 Å². The summed E-state index contributed by atoms with van der Waals surface area (Å²) in [6, 6.07) is 18.0. The predicted octanol–water partition coefficient (Wildman–Crippen LogP) is 4.79. The van der Waals surface area contributed by atoms with Gasteiger partial charge in [0, 0.05) is 27.8 Å². The Balaban J connectivity index is 2.01. The van der Waals surface area contributed by atoms with Gasteiger partial charge in [0.2, 0.25) is 0 Å². The van der Waals surface area contributed by atoms with E-state index in [1.54, 1.807) is 6.07 Å². The molecule has 0 bridgehead atoms. The lowest BCUT2D eigenvalue weighted by Gasteiger charge is -2.12. The number of aryl methyl sites for hydroxylation is 1. The van der Waals surface area contributed by atoms with Crippen LogP contribution in [0, 0.1) is 18.3 Å². The van der Waals surface area contributed by atoms with Crippen molar-refractivity contribution in [3.63, 3.8) is 0 Å². The molecule has 0 fully saturated rings. The van der Waals surface area contributed by atoms with Crippen molar-refractivity contribution in [3.8, 4) is 6.07 Å². The summed E-state index contributed by atoms with van der Waals surface area (Å²) in [5.41, 5.74) is 4.42. The maximum absolute atomic E-state index is 9.25. The highest BCUT2D eigenvalue weighted by Crippen LogP contribution is 2.26. The molecular weight excluding hydrogens is 338 g/mol. The number of fused-ring (bicyclic) bond motifs is 1. The highest BCUT2D eigenvalue weighted by Gasteiger charge is 2.08. The monoisotopic (exact) mass is 351 g/mol. The van der Waals surface area contributed by atoms with Gasteiger partial charge in [-0.25, -0.2) is 0 Å². The quantitative estimate of drug-likeness (QED) is 0.737. The molecule has 22 heavy (non-hydrogen) atoms.